The summed E-state index contributed by atoms with van der Waals surface area (Å²) in [5, 5.41) is 10.7. The van der Waals surface area contributed by atoms with E-state index in [1.54, 1.807) is 29.2 Å². The van der Waals surface area contributed by atoms with E-state index < -0.39 is 5.60 Å². The van der Waals surface area contributed by atoms with Crippen LogP contribution in [-0.2, 0) is 4.79 Å². The van der Waals surface area contributed by atoms with E-state index in [1.165, 1.54) is 6.08 Å². The topological polar surface area (TPSA) is 40.5 Å². The molecule has 1 aliphatic heterocycles. The molecule has 1 aliphatic rings. The van der Waals surface area contributed by atoms with Crippen LogP contribution in [-0.4, -0.2) is 34.6 Å². The van der Waals surface area contributed by atoms with Crippen LogP contribution in [0.2, 0.25) is 10.0 Å². The van der Waals surface area contributed by atoms with Crippen LogP contribution >= 0.6 is 23.2 Å². The molecule has 0 radical (unpaired) electrons. The number of rotatable bonds is 3. The Morgan fingerprint density at radius 1 is 1.47 bits per heavy atom. The predicted molar refractivity (Wildman–Crippen MR) is 77.3 cm³/mol. The normalized spacial score (nSPS) is 17.6. The standard InChI is InChI=1S/C14H15Cl2NO2/c1-2-14(19)8-17(9-14)12(18)7-6-10-4-3-5-11(15)13(10)16/h3-7,19H,2,8-9H2,1H3. The number of aliphatic hydroxyl groups is 1. The number of β-amino-alcohol motifs (C(OH)–C–C–N with tert-alkyl or cyclic N) is 1. The summed E-state index contributed by atoms with van der Waals surface area (Å²) in [7, 11) is 0. The van der Waals surface area contributed by atoms with Gasteiger partial charge < -0.3 is 10.0 Å². The van der Waals surface area contributed by atoms with E-state index in [2.05, 4.69) is 0 Å². The molecule has 0 unspecified atom stereocenters. The van der Waals surface area contributed by atoms with Gasteiger partial charge in [-0.1, -0.05) is 42.3 Å². The third kappa shape index (κ3) is 3.11. The van der Waals surface area contributed by atoms with Crippen molar-refractivity contribution >= 4 is 35.2 Å². The van der Waals surface area contributed by atoms with Gasteiger partial charge in [-0.2, -0.15) is 0 Å². The highest BCUT2D eigenvalue weighted by atomic mass is 35.5. The van der Waals surface area contributed by atoms with Crippen molar-refractivity contribution in [3.05, 3.63) is 39.9 Å². The van der Waals surface area contributed by atoms with Gasteiger partial charge in [0.25, 0.3) is 0 Å². The average Bonchev–Trinajstić information content (AvgIpc) is 2.36. The lowest BCUT2D eigenvalue weighted by atomic mass is 9.91. The van der Waals surface area contributed by atoms with Crippen molar-refractivity contribution in [1.29, 1.82) is 0 Å². The second kappa shape index (κ2) is 5.53. The maximum Gasteiger partial charge on any atom is 0.246 e. The molecule has 1 fully saturated rings. The molecular formula is C14H15Cl2NO2. The van der Waals surface area contributed by atoms with Gasteiger partial charge >= 0.3 is 0 Å². The third-order valence-corrected chi connectivity index (χ3v) is 4.16. The van der Waals surface area contributed by atoms with Gasteiger partial charge in [-0.3, -0.25) is 4.79 Å². The Balaban J connectivity index is 2.00. The van der Waals surface area contributed by atoms with Crippen LogP contribution in [0.15, 0.2) is 24.3 Å². The minimum Gasteiger partial charge on any atom is -0.386 e. The van der Waals surface area contributed by atoms with Gasteiger partial charge in [-0.05, 0) is 24.1 Å². The summed E-state index contributed by atoms with van der Waals surface area (Å²) in [6, 6.07) is 5.26. The summed E-state index contributed by atoms with van der Waals surface area (Å²) in [4.78, 5) is 13.4. The molecular weight excluding hydrogens is 285 g/mol. The Labute approximate surface area is 122 Å². The Hall–Kier alpha value is -1.03. The fourth-order valence-electron chi connectivity index (χ4n) is 1.96. The van der Waals surface area contributed by atoms with Crippen LogP contribution in [0.4, 0.5) is 0 Å². The lowest BCUT2D eigenvalue weighted by Gasteiger charge is -2.45. The summed E-state index contributed by atoms with van der Waals surface area (Å²) in [5.41, 5.74) is -0.00852. The lowest BCUT2D eigenvalue weighted by Crippen LogP contribution is -2.62. The molecule has 19 heavy (non-hydrogen) atoms. The van der Waals surface area contributed by atoms with Gasteiger partial charge in [-0.15, -0.1) is 0 Å². The second-order valence-corrected chi connectivity index (χ2v) is 5.53. The Kier molecular flexibility index (Phi) is 4.19. The molecule has 3 nitrogen and oxygen atoms in total. The minimum absolute atomic E-state index is 0.130. The Bertz CT molecular complexity index is 522. The quantitative estimate of drug-likeness (QED) is 0.872. The van der Waals surface area contributed by atoms with E-state index in [0.29, 0.717) is 35.1 Å². The first-order valence-electron chi connectivity index (χ1n) is 6.08. The molecule has 1 aromatic carbocycles. The monoisotopic (exact) mass is 299 g/mol. The maximum absolute atomic E-state index is 11.9. The van der Waals surface area contributed by atoms with Crippen molar-refractivity contribution in [2.45, 2.75) is 18.9 Å². The molecule has 1 N–H and O–H groups in total. The molecule has 0 bridgehead atoms. The zero-order valence-corrected chi connectivity index (χ0v) is 12.1. The van der Waals surface area contributed by atoms with Crippen molar-refractivity contribution in [2.24, 2.45) is 0 Å². The summed E-state index contributed by atoms with van der Waals surface area (Å²) >= 11 is 11.9. The molecule has 5 heteroatoms. The molecule has 0 atom stereocenters. The van der Waals surface area contributed by atoms with Crippen molar-refractivity contribution in [2.75, 3.05) is 13.1 Å². The van der Waals surface area contributed by atoms with E-state index in [0.717, 1.165) is 0 Å². The van der Waals surface area contributed by atoms with E-state index in [9.17, 15) is 9.90 Å². The fraction of sp³-hybridized carbons (Fsp3) is 0.357. The number of amides is 1. The number of likely N-dealkylation sites (tertiary alicyclic amines) is 1. The summed E-state index contributed by atoms with van der Waals surface area (Å²) in [5.74, 6) is -0.130. The van der Waals surface area contributed by atoms with Crippen LogP contribution in [0.1, 0.15) is 18.9 Å². The van der Waals surface area contributed by atoms with Gasteiger partial charge in [-0.25, -0.2) is 0 Å². The van der Waals surface area contributed by atoms with E-state index in [1.807, 2.05) is 6.92 Å². The van der Waals surface area contributed by atoms with Gasteiger partial charge in [0.1, 0.15) is 0 Å². The maximum atomic E-state index is 11.9. The molecule has 2 rings (SSSR count). The van der Waals surface area contributed by atoms with Crippen LogP contribution in [0.25, 0.3) is 6.08 Å². The average molecular weight is 300 g/mol. The highest BCUT2D eigenvalue weighted by Crippen LogP contribution is 2.27. The zero-order valence-electron chi connectivity index (χ0n) is 10.6. The van der Waals surface area contributed by atoms with Crippen LogP contribution in [0, 0.1) is 0 Å². The first-order chi connectivity index (χ1) is 8.95. The number of hydrogen-bond donors (Lipinski definition) is 1. The van der Waals surface area contributed by atoms with Crippen molar-refractivity contribution in [3.63, 3.8) is 0 Å². The predicted octanol–water partition coefficient (Wildman–Crippen LogP) is 2.99. The van der Waals surface area contributed by atoms with Crippen LogP contribution in [0.5, 0.6) is 0 Å². The number of benzene rings is 1. The third-order valence-electron chi connectivity index (χ3n) is 3.33. The smallest absolute Gasteiger partial charge is 0.246 e. The molecule has 102 valence electrons. The van der Waals surface area contributed by atoms with Crippen molar-refractivity contribution in [3.8, 4) is 0 Å². The number of nitrogens with zero attached hydrogens (tertiary/aromatic N) is 1. The number of carbonyl (C=O) groups excluding carboxylic acids is 1. The van der Waals surface area contributed by atoms with Gasteiger partial charge in [0.2, 0.25) is 5.91 Å². The zero-order chi connectivity index (χ0) is 14.0. The lowest BCUT2D eigenvalue weighted by molar-refractivity contribution is -0.150. The number of halogens is 2. The fourth-order valence-corrected chi connectivity index (χ4v) is 2.33. The molecule has 0 saturated carbocycles. The molecule has 1 saturated heterocycles. The second-order valence-electron chi connectivity index (χ2n) is 4.75. The summed E-state index contributed by atoms with van der Waals surface area (Å²) < 4.78 is 0. The molecule has 1 heterocycles. The van der Waals surface area contributed by atoms with Gasteiger partial charge in [0, 0.05) is 6.08 Å². The molecule has 1 aromatic rings. The Morgan fingerprint density at radius 3 is 2.79 bits per heavy atom. The highest BCUT2D eigenvalue weighted by Gasteiger charge is 2.41. The number of hydrogen-bond acceptors (Lipinski definition) is 2. The summed E-state index contributed by atoms with van der Waals surface area (Å²) in [6.45, 7) is 2.68. The van der Waals surface area contributed by atoms with Gasteiger partial charge in [0.15, 0.2) is 0 Å². The van der Waals surface area contributed by atoms with E-state index >= 15 is 0 Å². The van der Waals surface area contributed by atoms with Crippen LogP contribution in [0.3, 0.4) is 0 Å². The van der Waals surface area contributed by atoms with Crippen molar-refractivity contribution < 1.29 is 9.90 Å². The Morgan fingerprint density at radius 2 is 2.16 bits per heavy atom. The minimum atomic E-state index is -0.711. The SMILES string of the molecule is CCC1(O)CN(C(=O)C=Cc2cccc(Cl)c2Cl)C1. The van der Waals surface area contributed by atoms with E-state index in [-0.39, 0.29) is 5.91 Å². The largest absolute Gasteiger partial charge is 0.386 e. The number of carbonyl (C=O) groups is 1. The first-order valence-corrected chi connectivity index (χ1v) is 6.84. The van der Waals surface area contributed by atoms with Gasteiger partial charge in [0.05, 0.1) is 28.7 Å². The first kappa shape index (κ1) is 14.4. The molecule has 0 spiro atoms. The summed E-state index contributed by atoms with van der Waals surface area (Å²) in [6.07, 6.45) is 3.74. The molecule has 0 aliphatic carbocycles. The van der Waals surface area contributed by atoms with E-state index in [4.69, 9.17) is 23.2 Å². The molecule has 0 aromatic heterocycles. The van der Waals surface area contributed by atoms with Crippen molar-refractivity contribution in [1.82, 2.24) is 4.90 Å². The molecule has 1 amide bonds. The van der Waals surface area contributed by atoms with Crippen LogP contribution < -0.4 is 0 Å². The highest BCUT2D eigenvalue weighted by molar-refractivity contribution is 6.42.